The molecule has 0 atom stereocenters. The zero-order chi connectivity index (χ0) is 57.3. The summed E-state index contributed by atoms with van der Waals surface area (Å²) in [7, 11) is 11.0. The molecule has 0 aliphatic heterocycles. The van der Waals surface area contributed by atoms with E-state index in [1.807, 2.05) is 0 Å². The van der Waals surface area contributed by atoms with Crippen molar-refractivity contribution in [1.82, 2.24) is 0 Å². The number of rotatable bonds is 6. The minimum atomic E-state index is -0.826. The molecule has 0 amide bonds. The molecule has 402 valence electrons. The van der Waals surface area contributed by atoms with Gasteiger partial charge < -0.3 is 0 Å². The molecule has 0 aliphatic carbocycles. The predicted octanol–water partition coefficient (Wildman–Crippen LogP) is 24.3. The van der Waals surface area contributed by atoms with Crippen LogP contribution < -0.4 is 0 Å². The molecule has 0 spiro atoms. The van der Waals surface area contributed by atoms with Gasteiger partial charge in [-0.05, 0) is 146 Å². The average Bonchev–Trinajstić information content (AvgIpc) is 2.93. The van der Waals surface area contributed by atoms with E-state index in [1.165, 1.54) is 163 Å². The standard InChI is InChI=1S/2C39H27.C2H6Si.2ClH.Zr/c2*1-2-25-21-36-34(38-30-15-7-3-11-26(30)23-27-12-4-8-16-31(27)38)19-20-35(37(36)22-25)39-32-17-9-5-13-28(32)24-29-14-6-10-18-33(29)39;1-3-2;;;/h2*3-24H,2H2,1H3;1-2H3;2*1H;/q2*-1;;;;+4/p-2. The number of halogens is 2. The van der Waals surface area contributed by atoms with Gasteiger partial charge in [-0.25, -0.2) is 0 Å². The van der Waals surface area contributed by atoms with Crippen LogP contribution >= 0.6 is 17.0 Å². The van der Waals surface area contributed by atoms with E-state index in [0.717, 1.165) is 22.4 Å². The van der Waals surface area contributed by atoms with Gasteiger partial charge in [0.2, 0.25) is 0 Å². The van der Waals surface area contributed by atoms with E-state index < -0.39 is 20.8 Å². The number of hydrogen-bond acceptors (Lipinski definition) is 0. The van der Waals surface area contributed by atoms with Crippen molar-refractivity contribution in [2.45, 2.75) is 39.8 Å². The molecule has 0 nitrogen and oxygen atoms in total. The first-order valence-corrected chi connectivity index (χ1v) is 37.4. The Morgan fingerprint density at radius 1 is 0.286 bits per heavy atom. The van der Waals surface area contributed by atoms with E-state index in [-0.39, 0.29) is 0 Å². The molecule has 16 aromatic carbocycles. The SMILES string of the molecule is CCc1cc2c(-c3c4ccccc4cc4ccccc34)ccc(-c3c4ccccc4cc4ccccc34)c2[cH-]1.CCc1cc2c(-c3c4ccccc4cc4ccccc34)ccc(-c3c4ccccc4cc4ccccc34)c2[cH-]1.C[Si]C.[Cl][Zr+2][Cl]. The summed E-state index contributed by atoms with van der Waals surface area (Å²) in [6.45, 7) is 8.82. The van der Waals surface area contributed by atoms with Crippen LogP contribution in [0.2, 0.25) is 13.1 Å². The van der Waals surface area contributed by atoms with Crippen LogP contribution in [0, 0.1) is 0 Å². The Morgan fingerprint density at radius 2 is 0.476 bits per heavy atom. The molecule has 0 aromatic heterocycles. The summed E-state index contributed by atoms with van der Waals surface area (Å²) in [6, 6.07) is 99.1. The van der Waals surface area contributed by atoms with Crippen LogP contribution in [0.4, 0.5) is 0 Å². The quantitative estimate of drug-likeness (QED) is 0.0884. The third kappa shape index (κ3) is 10.1. The summed E-state index contributed by atoms with van der Waals surface area (Å²) < 4.78 is 0. The Balaban J connectivity index is 0.000000144. The fraction of sp³-hybridized carbons (Fsp3) is 0.0750. The topological polar surface area (TPSA) is 0 Å². The van der Waals surface area contributed by atoms with Gasteiger partial charge in [-0.15, -0.1) is 44.8 Å². The van der Waals surface area contributed by atoms with Gasteiger partial charge in [0.05, 0.1) is 0 Å². The second kappa shape index (κ2) is 24.3. The number of fused-ring (bicyclic) bond motifs is 10. The summed E-state index contributed by atoms with van der Waals surface area (Å²) in [4.78, 5) is 0. The van der Waals surface area contributed by atoms with Crippen molar-refractivity contribution in [1.29, 1.82) is 0 Å². The van der Waals surface area contributed by atoms with Crippen molar-refractivity contribution in [3.05, 3.63) is 278 Å². The van der Waals surface area contributed by atoms with Crippen molar-refractivity contribution in [2.24, 2.45) is 0 Å². The van der Waals surface area contributed by atoms with Gasteiger partial charge in [-0.1, -0.05) is 268 Å². The molecule has 16 rings (SSSR count). The number of aryl methyl sites for hydroxylation is 2. The summed E-state index contributed by atoms with van der Waals surface area (Å²) in [5, 5.41) is 26.1. The van der Waals surface area contributed by atoms with E-state index in [1.54, 1.807) is 0 Å². The number of benzene rings is 14. The molecule has 0 saturated carbocycles. The summed E-state index contributed by atoms with van der Waals surface area (Å²) in [5.41, 5.74) is 13.3. The van der Waals surface area contributed by atoms with Crippen LogP contribution in [0.15, 0.2) is 267 Å². The first kappa shape index (κ1) is 55.3. The van der Waals surface area contributed by atoms with Gasteiger partial charge in [0.25, 0.3) is 0 Å². The first-order chi connectivity index (χ1) is 41.4. The van der Waals surface area contributed by atoms with Crippen LogP contribution in [0.3, 0.4) is 0 Å². The van der Waals surface area contributed by atoms with Gasteiger partial charge in [-0.3, -0.25) is 0 Å². The fourth-order valence-corrected chi connectivity index (χ4v) is 13.2. The van der Waals surface area contributed by atoms with Crippen molar-refractivity contribution in [3.8, 4) is 44.5 Å². The Bertz CT molecular complexity index is 4270. The van der Waals surface area contributed by atoms with Crippen LogP contribution in [0.5, 0.6) is 0 Å². The van der Waals surface area contributed by atoms with E-state index in [2.05, 4.69) is 294 Å². The number of hydrogen-bond donors (Lipinski definition) is 0. The third-order valence-electron chi connectivity index (χ3n) is 16.9. The predicted molar refractivity (Wildman–Crippen MR) is 369 cm³/mol. The molecule has 0 saturated heterocycles. The van der Waals surface area contributed by atoms with Gasteiger partial charge >= 0.3 is 37.9 Å². The van der Waals surface area contributed by atoms with E-state index >= 15 is 0 Å². The molecule has 0 unspecified atom stereocenters. The second-order valence-corrected chi connectivity index (χ2v) is 26.5. The molecule has 2 radical (unpaired) electrons. The molecule has 0 N–H and O–H groups in total. The zero-order valence-corrected chi connectivity index (χ0v) is 52.5. The van der Waals surface area contributed by atoms with Crippen molar-refractivity contribution >= 4 is 134 Å². The minimum absolute atomic E-state index is 0.826. The Kier molecular flexibility index (Phi) is 16.0. The second-order valence-electron chi connectivity index (χ2n) is 21.8. The van der Waals surface area contributed by atoms with Crippen LogP contribution in [0.1, 0.15) is 25.0 Å². The maximum atomic E-state index is 4.93. The summed E-state index contributed by atoms with van der Waals surface area (Å²) >= 11 is -0.826. The molecular formula is C80H60Cl2SiZr. The first-order valence-electron chi connectivity index (χ1n) is 29.1. The van der Waals surface area contributed by atoms with E-state index in [0.29, 0.717) is 0 Å². The molecule has 0 aliphatic rings. The van der Waals surface area contributed by atoms with Crippen molar-refractivity contribution in [2.75, 3.05) is 0 Å². The third-order valence-corrected chi connectivity index (χ3v) is 16.9. The molecular weight excluding hydrogens is 1150 g/mol. The van der Waals surface area contributed by atoms with Crippen molar-refractivity contribution < 1.29 is 20.8 Å². The maximum absolute atomic E-state index is 4.93. The van der Waals surface area contributed by atoms with Crippen LogP contribution in [-0.4, -0.2) is 9.52 Å². The Morgan fingerprint density at radius 3 is 0.690 bits per heavy atom. The average molecular weight is 1210 g/mol. The molecule has 16 aromatic rings. The van der Waals surface area contributed by atoms with Gasteiger partial charge in [0.15, 0.2) is 0 Å². The van der Waals surface area contributed by atoms with Crippen LogP contribution in [-0.2, 0) is 33.7 Å². The van der Waals surface area contributed by atoms with E-state index in [4.69, 9.17) is 17.0 Å². The van der Waals surface area contributed by atoms with Crippen LogP contribution in [0.25, 0.3) is 152 Å². The molecule has 4 heteroatoms. The van der Waals surface area contributed by atoms with Gasteiger partial charge in [0, 0.05) is 9.52 Å². The molecule has 0 heterocycles. The monoisotopic (exact) mass is 1210 g/mol. The summed E-state index contributed by atoms with van der Waals surface area (Å²) in [6.07, 6.45) is 2.03. The normalized spacial score (nSPS) is 11.3. The summed E-state index contributed by atoms with van der Waals surface area (Å²) in [5.74, 6) is 0. The van der Waals surface area contributed by atoms with E-state index in [9.17, 15) is 0 Å². The Labute approximate surface area is 513 Å². The molecule has 84 heavy (non-hydrogen) atoms. The zero-order valence-electron chi connectivity index (χ0n) is 47.6. The van der Waals surface area contributed by atoms with Gasteiger partial charge in [0.1, 0.15) is 0 Å². The molecule has 0 fully saturated rings. The molecule has 0 bridgehead atoms. The van der Waals surface area contributed by atoms with Gasteiger partial charge in [-0.2, -0.15) is 12.1 Å². The fourth-order valence-electron chi connectivity index (χ4n) is 13.2. The Hall–Kier alpha value is -7.94. The van der Waals surface area contributed by atoms with Crippen molar-refractivity contribution in [3.63, 3.8) is 0 Å².